The van der Waals surface area contributed by atoms with Crippen LogP contribution in [0.2, 0.25) is 0 Å². The standard InChI is InChI=1S/C26H25N3O2/c1-30-25-15-9-22(10-16-25)28-21-7-3-19(4-8-21)20-5-11-23(12-6-20)29(27)24-13-17-26(31-2)18-14-24/h3-18,28H,27H2,1-2H3. The summed E-state index contributed by atoms with van der Waals surface area (Å²) in [5.74, 6) is 7.93. The van der Waals surface area contributed by atoms with Gasteiger partial charge in [-0.2, -0.15) is 0 Å². The maximum absolute atomic E-state index is 6.28. The van der Waals surface area contributed by atoms with Crippen LogP contribution in [-0.2, 0) is 0 Å². The molecule has 0 heterocycles. The minimum absolute atomic E-state index is 0.803. The Kier molecular flexibility index (Phi) is 6.05. The van der Waals surface area contributed by atoms with Crippen LogP contribution in [0.15, 0.2) is 97.1 Å². The van der Waals surface area contributed by atoms with Crippen molar-refractivity contribution >= 4 is 22.7 Å². The van der Waals surface area contributed by atoms with Crippen molar-refractivity contribution in [3.8, 4) is 22.6 Å². The maximum Gasteiger partial charge on any atom is 0.119 e. The zero-order valence-corrected chi connectivity index (χ0v) is 17.6. The Morgan fingerprint density at radius 2 is 0.903 bits per heavy atom. The lowest BCUT2D eigenvalue weighted by molar-refractivity contribution is 0.414. The van der Waals surface area contributed by atoms with Crippen LogP contribution in [0, 0.1) is 0 Å². The van der Waals surface area contributed by atoms with E-state index in [0.717, 1.165) is 45.4 Å². The third kappa shape index (κ3) is 4.79. The quantitative estimate of drug-likeness (QED) is 0.283. The molecule has 0 saturated heterocycles. The van der Waals surface area contributed by atoms with Crippen LogP contribution in [0.1, 0.15) is 0 Å². The molecule has 31 heavy (non-hydrogen) atoms. The van der Waals surface area contributed by atoms with Gasteiger partial charge in [-0.1, -0.05) is 24.3 Å². The SMILES string of the molecule is COc1ccc(Nc2ccc(-c3ccc(N(N)c4ccc(OC)cc4)cc3)cc2)cc1. The van der Waals surface area contributed by atoms with E-state index in [4.69, 9.17) is 15.3 Å². The summed E-state index contributed by atoms with van der Waals surface area (Å²) in [6, 6.07) is 32.0. The molecule has 0 saturated carbocycles. The van der Waals surface area contributed by atoms with Crippen LogP contribution >= 0.6 is 0 Å². The molecule has 0 aliphatic carbocycles. The van der Waals surface area contributed by atoms with Crippen LogP contribution in [0.5, 0.6) is 11.5 Å². The van der Waals surface area contributed by atoms with Crippen LogP contribution in [0.3, 0.4) is 0 Å². The first-order chi connectivity index (χ1) is 15.2. The van der Waals surface area contributed by atoms with E-state index in [1.807, 2.05) is 60.7 Å². The van der Waals surface area contributed by atoms with E-state index in [1.165, 1.54) is 0 Å². The van der Waals surface area contributed by atoms with Gasteiger partial charge in [-0.15, -0.1) is 0 Å². The van der Waals surface area contributed by atoms with Crippen LogP contribution in [0.4, 0.5) is 22.7 Å². The van der Waals surface area contributed by atoms with E-state index in [2.05, 4.69) is 41.7 Å². The van der Waals surface area contributed by atoms with Gasteiger partial charge in [0.05, 0.1) is 25.6 Å². The lowest BCUT2D eigenvalue weighted by atomic mass is 10.0. The number of hydrogen-bond donors (Lipinski definition) is 2. The molecule has 0 fully saturated rings. The molecule has 0 unspecified atom stereocenters. The molecule has 5 heteroatoms. The molecule has 3 N–H and O–H groups in total. The molecule has 4 aromatic rings. The van der Waals surface area contributed by atoms with Crippen molar-refractivity contribution in [2.75, 3.05) is 24.5 Å². The lowest BCUT2D eigenvalue weighted by Crippen LogP contribution is -2.24. The fraction of sp³-hybridized carbons (Fsp3) is 0.0769. The average Bonchev–Trinajstić information content (AvgIpc) is 2.85. The highest BCUT2D eigenvalue weighted by Gasteiger charge is 2.06. The minimum Gasteiger partial charge on any atom is -0.497 e. The van der Waals surface area contributed by atoms with E-state index in [0.29, 0.717) is 0 Å². The summed E-state index contributed by atoms with van der Waals surface area (Å²) in [5, 5.41) is 5.05. The van der Waals surface area contributed by atoms with Gasteiger partial charge in [0, 0.05) is 11.4 Å². The molecule has 5 nitrogen and oxygen atoms in total. The molecule has 0 bridgehead atoms. The smallest absolute Gasteiger partial charge is 0.119 e. The Balaban J connectivity index is 1.44. The molecule has 0 aliphatic heterocycles. The fourth-order valence-electron chi connectivity index (χ4n) is 3.29. The van der Waals surface area contributed by atoms with Crippen molar-refractivity contribution in [3.05, 3.63) is 97.1 Å². The van der Waals surface area contributed by atoms with Crippen LogP contribution in [0.25, 0.3) is 11.1 Å². The number of ether oxygens (including phenoxy) is 2. The molecule has 0 amide bonds. The van der Waals surface area contributed by atoms with Crippen molar-refractivity contribution in [3.63, 3.8) is 0 Å². The summed E-state index contributed by atoms with van der Waals surface area (Å²) < 4.78 is 10.4. The van der Waals surface area contributed by atoms with Gasteiger partial charge in [0.2, 0.25) is 0 Å². The molecule has 0 aliphatic rings. The predicted molar refractivity (Wildman–Crippen MR) is 127 cm³/mol. The second-order valence-electron chi connectivity index (χ2n) is 7.05. The number of hydrazine groups is 1. The zero-order valence-electron chi connectivity index (χ0n) is 17.6. The van der Waals surface area contributed by atoms with Gasteiger partial charge in [0.1, 0.15) is 11.5 Å². The van der Waals surface area contributed by atoms with Crippen molar-refractivity contribution in [2.24, 2.45) is 5.84 Å². The molecule has 0 radical (unpaired) electrons. The minimum atomic E-state index is 0.803. The molecular formula is C26H25N3O2. The first-order valence-corrected chi connectivity index (χ1v) is 9.97. The topological polar surface area (TPSA) is 59.8 Å². The number of nitrogens with two attached hydrogens (primary N) is 1. The van der Waals surface area contributed by atoms with Crippen molar-refractivity contribution in [2.45, 2.75) is 0 Å². The third-order valence-electron chi connectivity index (χ3n) is 5.09. The van der Waals surface area contributed by atoms with Gasteiger partial charge < -0.3 is 14.8 Å². The number of anilines is 4. The highest BCUT2D eigenvalue weighted by Crippen LogP contribution is 2.28. The highest BCUT2D eigenvalue weighted by atomic mass is 16.5. The molecule has 0 atom stereocenters. The van der Waals surface area contributed by atoms with Crippen molar-refractivity contribution in [1.82, 2.24) is 0 Å². The maximum atomic E-state index is 6.28. The largest absolute Gasteiger partial charge is 0.497 e. The van der Waals surface area contributed by atoms with Gasteiger partial charge >= 0.3 is 0 Å². The predicted octanol–water partition coefficient (Wildman–Crippen LogP) is 6.13. The number of benzene rings is 4. The van der Waals surface area contributed by atoms with Crippen LogP contribution < -0.4 is 25.6 Å². The Labute approximate surface area is 182 Å². The summed E-state index contributed by atoms with van der Waals surface area (Å²) >= 11 is 0. The van der Waals surface area contributed by atoms with E-state index in [-0.39, 0.29) is 0 Å². The fourth-order valence-corrected chi connectivity index (χ4v) is 3.29. The first kappa shape index (κ1) is 20.3. The van der Waals surface area contributed by atoms with Crippen molar-refractivity contribution in [1.29, 1.82) is 0 Å². The molecule has 4 aromatic carbocycles. The first-order valence-electron chi connectivity index (χ1n) is 9.97. The molecule has 156 valence electrons. The Hall–Kier alpha value is -3.96. The number of hydrogen-bond acceptors (Lipinski definition) is 5. The Morgan fingerprint density at radius 1 is 0.548 bits per heavy atom. The summed E-state index contributed by atoms with van der Waals surface area (Å²) in [6.07, 6.45) is 0. The normalized spacial score (nSPS) is 10.4. The zero-order chi connectivity index (χ0) is 21.6. The third-order valence-corrected chi connectivity index (χ3v) is 5.09. The molecule has 4 rings (SSSR count). The molecule has 0 aromatic heterocycles. The van der Waals surface area contributed by atoms with Crippen LogP contribution in [-0.4, -0.2) is 14.2 Å². The molecular weight excluding hydrogens is 386 g/mol. The summed E-state index contributed by atoms with van der Waals surface area (Å²) in [7, 11) is 3.31. The second kappa shape index (κ2) is 9.24. The van der Waals surface area contributed by atoms with Gasteiger partial charge in [0.15, 0.2) is 0 Å². The molecule has 0 spiro atoms. The van der Waals surface area contributed by atoms with Crippen molar-refractivity contribution < 1.29 is 9.47 Å². The summed E-state index contributed by atoms with van der Waals surface area (Å²) in [6.45, 7) is 0. The summed E-state index contributed by atoms with van der Waals surface area (Å²) in [5.41, 5.74) is 6.11. The number of methoxy groups -OCH3 is 2. The van der Waals surface area contributed by atoms with E-state index >= 15 is 0 Å². The second-order valence-corrected chi connectivity index (χ2v) is 7.05. The lowest BCUT2D eigenvalue weighted by Gasteiger charge is -2.19. The average molecular weight is 412 g/mol. The van der Waals surface area contributed by atoms with E-state index < -0.39 is 0 Å². The monoisotopic (exact) mass is 411 g/mol. The van der Waals surface area contributed by atoms with Gasteiger partial charge in [0.25, 0.3) is 0 Å². The van der Waals surface area contributed by atoms with Gasteiger partial charge in [-0.25, -0.2) is 5.84 Å². The Bertz CT molecular complexity index is 1110. The Morgan fingerprint density at radius 3 is 1.35 bits per heavy atom. The summed E-state index contributed by atoms with van der Waals surface area (Å²) in [4.78, 5) is 0. The van der Waals surface area contributed by atoms with Gasteiger partial charge in [-0.3, -0.25) is 5.01 Å². The number of nitrogens with zero attached hydrogens (tertiary/aromatic N) is 1. The van der Waals surface area contributed by atoms with E-state index in [9.17, 15) is 0 Å². The number of nitrogens with one attached hydrogen (secondary N) is 1. The van der Waals surface area contributed by atoms with E-state index in [1.54, 1.807) is 19.2 Å². The highest BCUT2D eigenvalue weighted by molar-refractivity contribution is 5.71. The van der Waals surface area contributed by atoms with Gasteiger partial charge in [-0.05, 0) is 83.9 Å². The number of rotatable bonds is 7.